The molecule has 2 aromatic carbocycles. The molecule has 122 valence electrons. The highest BCUT2D eigenvalue weighted by Gasteiger charge is 2.15. The number of anilines is 1. The molecular formula is C18H15ClFN3O. The fourth-order valence-corrected chi connectivity index (χ4v) is 2.60. The van der Waals surface area contributed by atoms with Crippen LogP contribution in [0.2, 0.25) is 5.02 Å². The highest BCUT2D eigenvalue weighted by Crippen LogP contribution is 2.19. The highest BCUT2D eigenvalue weighted by atomic mass is 35.5. The Morgan fingerprint density at radius 2 is 2.04 bits per heavy atom. The zero-order chi connectivity index (χ0) is 17.1. The van der Waals surface area contributed by atoms with Crippen molar-refractivity contribution in [3.8, 4) is 0 Å². The third-order valence-corrected chi connectivity index (χ3v) is 3.83. The van der Waals surface area contributed by atoms with Gasteiger partial charge in [-0.3, -0.25) is 4.79 Å². The maximum atomic E-state index is 13.8. The van der Waals surface area contributed by atoms with Crippen LogP contribution in [0, 0.1) is 12.7 Å². The van der Waals surface area contributed by atoms with Gasteiger partial charge in [-0.2, -0.15) is 5.10 Å². The lowest BCUT2D eigenvalue weighted by Gasteiger charge is -2.11. The number of nitrogens with zero attached hydrogens (tertiary/aromatic N) is 2. The first-order valence-electron chi connectivity index (χ1n) is 7.37. The molecule has 24 heavy (non-hydrogen) atoms. The second-order valence-electron chi connectivity index (χ2n) is 5.40. The molecule has 0 saturated carbocycles. The summed E-state index contributed by atoms with van der Waals surface area (Å²) in [7, 11) is 0. The zero-order valence-corrected chi connectivity index (χ0v) is 13.7. The van der Waals surface area contributed by atoms with Crippen LogP contribution in [0.1, 0.15) is 21.5 Å². The van der Waals surface area contributed by atoms with E-state index in [0.717, 1.165) is 11.1 Å². The van der Waals surface area contributed by atoms with Gasteiger partial charge < -0.3 is 5.32 Å². The Morgan fingerprint density at radius 3 is 2.79 bits per heavy atom. The van der Waals surface area contributed by atoms with Crippen molar-refractivity contribution >= 4 is 23.3 Å². The van der Waals surface area contributed by atoms with Crippen LogP contribution in [0.4, 0.5) is 10.2 Å². The molecule has 6 heteroatoms. The minimum absolute atomic E-state index is 0.00703. The van der Waals surface area contributed by atoms with Gasteiger partial charge in [-0.05, 0) is 36.8 Å². The molecule has 1 N–H and O–H groups in total. The molecule has 4 nitrogen and oxygen atoms in total. The van der Waals surface area contributed by atoms with Gasteiger partial charge in [0, 0.05) is 10.6 Å². The highest BCUT2D eigenvalue weighted by molar-refractivity contribution is 6.30. The second kappa shape index (κ2) is 6.84. The number of rotatable bonds is 4. The molecule has 0 aliphatic heterocycles. The largest absolute Gasteiger partial charge is 0.306 e. The number of carbonyl (C=O) groups excluding carboxylic acids is 1. The SMILES string of the molecule is Cc1cnn(Cc2cccc(Cl)c2)c1NC(=O)c1ccccc1F. The van der Waals surface area contributed by atoms with Crippen molar-refractivity contribution in [2.24, 2.45) is 0 Å². The molecule has 0 aliphatic carbocycles. The van der Waals surface area contributed by atoms with Crippen LogP contribution >= 0.6 is 11.6 Å². The minimum atomic E-state index is -0.562. The summed E-state index contributed by atoms with van der Waals surface area (Å²) in [5.41, 5.74) is 1.74. The lowest BCUT2D eigenvalue weighted by molar-refractivity contribution is 0.102. The van der Waals surface area contributed by atoms with Gasteiger partial charge in [0.05, 0.1) is 18.3 Å². The summed E-state index contributed by atoms with van der Waals surface area (Å²) in [6.07, 6.45) is 1.65. The molecule has 0 fully saturated rings. The lowest BCUT2D eigenvalue weighted by atomic mass is 10.2. The van der Waals surface area contributed by atoms with Crippen LogP contribution in [0.25, 0.3) is 0 Å². The summed E-state index contributed by atoms with van der Waals surface area (Å²) >= 11 is 6.00. The maximum absolute atomic E-state index is 13.8. The number of carbonyl (C=O) groups is 1. The van der Waals surface area contributed by atoms with E-state index in [9.17, 15) is 9.18 Å². The van der Waals surface area contributed by atoms with Crippen molar-refractivity contribution in [3.63, 3.8) is 0 Å². The third kappa shape index (κ3) is 3.46. The molecule has 1 amide bonds. The minimum Gasteiger partial charge on any atom is -0.306 e. The van der Waals surface area contributed by atoms with E-state index in [1.165, 1.54) is 12.1 Å². The van der Waals surface area contributed by atoms with Crippen LogP contribution < -0.4 is 5.32 Å². The Labute approximate surface area is 143 Å². The fraction of sp³-hybridized carbons (Fsp3) is 0.111. The number of aromatic nitrogens is 2. The van der Waals surface area contributed by atoms with E-state index in [1.807, 2.05) is 25.1 Å². The summed E-state index contributed by atoms with van der Waals surface area (Å²) in [5.74, 6) is -0.541. The smallest absolute Gasteiger partial charge is 0.259 e. The summed E-state index contributed by atoms with van der Waals surface area (Å²) in [5, 5.41) is 7.65. The first-order chi connectivity index (χ1) is 11.5. The molecule has 0 aliphatic rings. The number of aryl methyl sites for hydroxylation is 1. The third-order valence-electron chi connectivity index (χ3n) is 3.59. The van der Waals surface area contributed by atoms with Gasteiger partial charge >= 0.3 is 0 Å². The number of nitrogens with one attached hydrogen (secondary N) is 1. The first-order valence-corrected chi connectivity index (χ1v) is 7.75. The Balaban J connectivity index is 1.85. The molecular weight excluding hydrogens is 329 g/mol. The van der Waals surface area contributed by atoms with Crippen LogP contribution in [0.15, 0.2) is 54.7 Å². The summed E-state index contributed by atoms with van der Waals surface area (Å²) in [6, 6.07) is 13.3. The van der Waals surface area contributed by atoms with Crippen LogP contribution in [-0.4, -0.2) is 15.7 Å². The summed E-state index contributed by atoms with van der Waals surface area (Å²) < 4.78 is 15.4. The maximum Gasteiger partial charge on any atom is 0.259 e. The lowest BCUT2D eigenvalue weighted by Crippen LogP contribution is -2.18. The molecule has 0 atom stereocenters. The normalized spacial score (nSPS) is 10.6. The van der Waals surface area contributed by atoms with Crippen LogP contribution in [-0.2, 0) is 6.54 Å². The van der Waals surface area contributed by atoms with Gasteiger partial charge in [0.25, 0.3) is 5.91 Å². The summed E-state index contributed by atoms with van der Waals surface area (Å²) in [4.78, 5) is 12.3. The van der Waals surface area contributed by atoms with Gasteiger partial charge in [0.15, 0.2) is 0 Å². The Kier molecular flexibility index (Phi) is 4.62. The van der Waals surface area contributed by atoms with Gasteiger partial charge in [-0.15, -0.1) is 0 Å². The molecule has 0 bridgehead atoms. The van der Waals surface area contributed by atoms with Gasteiger partial charge in [-0.1, -0.05) is 35.9 Å². The molecule has 0 spiro atoms. The Morgan fingerprint density at radius 1 is 1.25 bits per heavy atom. The van der Waals surface area contributed by atoms with Crippen LogP contribution in [0.5, 0.6) is 0 Å². The zero-order valence-electron chi connectivity index (χ0n) is 13.0. The molecule has 1 heterocycles. The number of amides is 1. The van der Waals surface area contributed by atoms with E-state index in [-0.39, 0.29) is 5.56 Å². The molecule has 1 aromatic heterocycles. The quantitative estimate of drug-likeness (QED) is 0.768. The van der Waals surface area contributed by atoms with Gasteiger partial charge in [-0.25, -0.2) is 9.07 Å². The van der Waals surface area contributed by atoms with Crippen molar-refractivity contribution in [2.45, 2.75) is 13.5 Å². The van der Waals surface area contributed by atoms with E-state index < -0.39 is 11.7 Å². The fourth-order valence-electron chi connectivity index (χ4n) is 2.39. The first kappa shape index (κ1) is 16.2. The molecule has 0 saturated heterocycles. The van der Waals surface area contributed by atoms with E-state index in [2.05, 4.69) is 10.4 Å². The molecule has 0 unspecified atom stereocenters. The monoisotopic (exact) mass is 343 g/mol. The van der Waals surface area contributed by atoms with Crippen molar-refractivity contribution < 1.29 is 9.18 Å². The Hall–Kier alpha value is -2.66. The van der Waals surface area contributed by atoms with Crippen molar-refractivity contribution in [1.82, 2.24) is 9.78 Å². The number of benzene rings is 2. The van der Waals surface area contributed by atoms with E-state index in [0.29, 0.717) is 17.4 Å². The van der Waals surface area contributed by atoms with E-state index in [1.54, 1.807) is 29.1 Å². The van der Waals surface area contributed by atoms with E-state index in [4.69, 9.17) is 11.6 Å². The van der Waals surface area contributed by atoms with Crippen LogP contribution in [0.3, 0.4) is 0 Å². The van der Waals surface area contributed by atoms with Crippen molar-refractivity contribution in [2.75, 3.05) is 5.32 Å². The van der Waals surface area contributed by atoms with Crippen molar-refractivity contribution in [3.05, 3.63) is 82.3 Å². The number of hydrogen-bond donors (Lipinski definition) is 1. The predicted octanol–water partition coefficient (Wildman–Crippen LogP) is 4.28. The summed E-state index contributed by atoms with van der Waals surface area (Å²) in [6.45, 7) is 2.28. The van der Waals surface area contributed by atoms with Gasteiger partial charge in [0.2, 0.25) is 0 Å². The second-order valence-corrected chi connectivity index (χ2v) is 5.83. The standard InChI is InChI=1S/C18H15ClFN3O/c1-12-10-21-23(11-13-5-4-6-14(19)9-13)17(12)22-18(24)15-7-2-3-8-16(15)20/h2-10H,11H2,1H3,(H,22,24). The number of halogens is 2. The van der Waals surface area contributed by atoms with E-state index >= 15 is 0 Å². The van der Waals surface area contributed by atoms with Crippen molar-refractivity contribution in [1.29, 1.82) is 0 Å². The Bertz CT molecular complexity index is 891. The average molecular weight is 344 g/mol. The molecule has 0 radical (unpaired) electrons. The van der Waals surface area contributed by atoms with Gasteiger partial charge in [0.1, 0.15) is 11.6 Å². The average Bonchev–Trinajstić information content (AvgIpc) is 2.88. The number of hydrogen-bond acceptors (Lipinski definition) is 2. The molecule has 3 rings (SSSR count). The molecule has 3 aromatic rings. The predicted molar refractivity (Wildman–Crippen MR) is 91.9 cm³/mol. The topological polar surface area (TPSA) is 46.9 Å².